The van der Waals surface area contributed by atoms with Gasteiger partial charge in [0.1, 0.15) is 24.6 Å². The van der Waals surface area contributed by atoms with Crippen LogP contribution in [0.3, 0.4) is 0 Å². The Balaban J connectivity index is 1.51. The molecule has 1 aliphatic heterocycles. The molecule has 13 nitrogen and oxygen atoms in total. The van der Waals surface area contributed by atoms with Gasteiger partial charge in [0.25, 0.3) is 0 Å². The van der Waals surface area contributed by atoms with Gasteiger partial charge < -0.3 is 36.2 Å². The highest BCUT2D eigenvalue weighted by Crippen LogP contribution is 2.35. The highest BCUT2D eigenvalue weighted by Gasteiger charge is 2.44. The number of benzene rings is 2. The Hall–Kier alpha value is -4.43. The van der Waals surface area contributed by atoms with Crippen molar-refractivity contribution in [2.24, 2.45) is 5.73 Å². The number of hydrogen-bond donors (Lipinski definition) is 6. The molecule has 2 aromatic carbocycles. The molecule has 7 N–H and O–H groups in total. The molecule has 202 valence electrons. The lowest BCUT2D eigenvalue weighted by Crippen LogP contribution is -2.33. The molecule has 0 saturated carbocycles. The van der Waals surface area contributed by atoms with Crippen LogP contribution in [0.1, 0.15) is 17.4 Å². The molecule has 4 aromatic rings. The van der Waals surface area contributed by atoms with Gasteiger partial charge in [0.2, 0.25) is 5.91 Å². The van der Waals surface area contributed by atoms with E-state index < -0.39 is 43.0 Å². The number of aliphatic hydroxyl groups excluding tert-OH is 3. The number of aromatic nitrogens is 4. The molecule has 1 aliphatic rings. The minimum atomic E-state index is -1.31. The average molecular weight is 535 g/mol. The molecule has 1 saturated heterocycles. The van der Waals surface area contributed by atoms with Crippen LogP contribution in [0, 0.1) is 0 Å². The first-order chi connectivity index (χ1) is 18.7. The summed E-state index contributed by atoms with van der Waals surface area (Å²) in [6.45, 7) is -0.463. The Morgan fingerprint density at radius 1 is 1.00 bits per heavy atom. The van der Waals surface area contributed by atoms with E-state index in [1.54, 1.807) is 36.4 Å². The number of nitrogens with two attached hydrogens (primary N) is 1. The molecule has 4 atom stereocenters. The number of fused-ring (bicyclic) bond motifs is 1. The molecule has 0 spiro atoms. The number of carboxylic acid groups (broad SMARTS) is 1. The summed E-state index contributed by atoms with van der Waals surface area (Å²) in [5, 5.41) is 42.4. The first-order valence-corrected chi connectivity index (χ1v) is 12.0. The van der Waals surface area contributed by atoms with E-state index in [9.17, 15) is 24.9 Å². The number of hydrogen-bond acceptors (Lipinski definition) is 10. The summed E-state index contributed by atoms with van der Waals surface area (Å²) >= 11 is 0. The van der Waals surface area contributed by atoms with Gasteiger partial charge in [-0.15, -0.1) is 0 Å². The van der Waals surface area contributed by atoms with Gasteiger partial charge in [0, 0.05) is 11.3 Å². The molecule has 39 heavy (non-hydrogen) atoms. The maximum atomic E-state index is 11.5. The molecule has 0 bridgehead atoms. The first kappa shape index (κ1) is 26.2. The quantitative estimate of drug-likeness (QED) is 0.174. The fraction of sp³-hybridized carbons (Fsp3) is 0.269. The molecule has 13 heteroatoms. The topological polar surface area (TPSA) is 206 Å². The minimum absolute atomic E-state index is 0.0386. The number of anilines is 2. The average Bonchev–Trinajstić information content (AvgIpc) is 3.46. The second-order valence-electron chi connectivity index (χ2n) is 9.19. The molecular weight excluding hydrogens is 508 g/mol. The predicted molar refractivity (Wildman–Crippen MR) is 138 cm³/mol. The molecule has 3 heterocycles. The molecule has 2 aromatic heterocycles. The summed E-state index contributed by atoms with van der Waals surface area (Å²) in [5.74, 6) is -1.07. The number of nitrogens with one attached hydrogen (secondary N) is 1. The van der Waals surface area contributed by atoms with Crippen molar-refractivity contribution in [3.05, 3.63) is 66.2 Å². The van der Waals surface area contributed by atoms with Crippen molar-refractivity contribution in [1.29, 1.82) is 0 Å². The number of imidazole rings is 1. The highest BCUT2D eigenvalue weighted by atomic mass is 16.6. The van der Waals surface area contributed by atoms with Crippen LogP contribution in [0.5, 0.6) is 0 Å². The van der Waals surface area contributed by atoms with Crippen molar-refractivity contribution in [2.45, 2.75) is 37.4 Å². The lowest BCUT2D eigenvalue weighted by Gasteiger charge is -2.17. The zero-order chi connectivity index (χ0) is 27.7. The third kappa shape index (κ3) is 5.28. The van der Waals surface area contributed by atoms with E-state index in [0.717, 1.165) is 5.56 Å². The Morgan fingerprint density at radius 3 is 2.41 bits per heavy atom. The number of primary amides is 1. The number of nitrogens with zero attached hydrogens (tertiary/aromatic N) is 4. The number of amides is 1. The van der Waals surface area contributed by atoms with Crippen LogP contribution in [-0.2, 0) is 27.2 Å². The van der Waals surface area contributed by atoms with Gasteiger partial charge in [-0.2, -0.15) is 0 Å². The Kier molecular flexibility index (Phi) is 7.21. The van der Waals surface area contributed by atoms with Crippen molar-refractivity contribution >= 4 is 34.5 Å². The summed E-state index contributed by atoms with van der Waals surface area (Å²) in [7, 11) is 0. The van der Waals surface area contributed by atoms with E-state index in [1.165, 1.54) is 17.2 Å². The van der Waals surface area contributed by atoms with Crippen LogP contribution in [0.25, 0.3) is 22.3 Å². The maximum absolute atomic E-state index is 11.5. The van der Waals surface area contributed by atoms with E-state index in [-0.39, 0.29) is 12.8 Å². The predicted octanol–water partition coefficient (Wildman–Crippen LogP) is 0.503. The van der Waals surface area contributed by atoms with Gasteiger partial charge in [-0.25, -0.2) is 15.0 Å². The van der Waals surface area contributed by atoms with Crippen LogP contribution >= 0.6 is 0 Å². The van der Waals surface area contributed by atoms with Crippen molar-refractivity contribution < 1.29 is 34.8 Å². The van der Waals surface area contributed by atoms with Gasteiger partial charge in [-0.1, -0.05) is 30.3 Å². The summed E-state index contributed by atoms with van der Waals surface area (Å²) < 4.78 is 7.08. The van der Waals surface area contributed by atoms with E-state index in [1.807, 2.05) is 6.07 Å². The van der Waals surface area contributed by atoms with E-state index in [4.69, 9.17) is 15.6 Å². The SMILES string of the molecule is NC(=O)Cc1ccc(Nc2ncnc3c2ncn3[C@@H]2O[C@H](CO)[C@@H](O)[C@H]2O)c(-c2ccc(CC(=O)O)cc2)c1. The largest absolute Gasteiger partial charge is 0.481 e. The number of carboxylic acids is 1. The lowest BCUT2D eigenvalue weighted by molar-refractivity contribution is -0.136. The summed E-state index contributed by atoms with van der Waals surface area (Å²) in [5.41, 5.74) is 9.52. The van der Waals surface area contributed by atoms with Crippen molar-refractivity contribution in [2.75, 3.05) is 11.9 Å². The standard InChI is InChI=1S/C26H26N6O7/c27-19(34)8-14-3-6-17(16(7-14)15-4-1-13(2-5-15)9-20(35)36)31-24-21-25(29-11-28-24)32(12-30-21)26-23(38)22(37)18(10-33)39-26/h1-7,11-12,18,22-23,26,33,37-38H,8-10H2,(H2,27,34)(H,35,36)(H,28,29,31)/t18-,22-,23-,26-/m1/s1. The number of aliphatic carboxylic acids is 1. The second kappa shape index (κ2) is 10.7. The molecule has 0 unspecified atom stereocenters. The van der Waals surface area contributed by atoms with Crippen LogP contribution in [-0.4, -0.2) is 76.7 Å². The number of carbonyl (C=O) groups is 2. The number of ether oxygens (including phenoxy) is 1. The van der Waals surface area contributed by atoms with Gasteiger partial charge in [0.05, 0.1) is 25.8 Å². The van der Waals surface area contributed by atoms with Gasteiger partial charge in [0.15, 0.2) is 23.2 Å². The smallest absolute Gasteiger partial charge is 0.307 e. The van der Waals surface area contributed by atoms with Crippen LogP contribution in [0.2, 0.25) is 0 Å². The summed E-state index contributed by atoms with van der Waals surface area (Å²) in [6.07, 6.45) is -1.90. The third-order valence-corrected chi connectivity index (χ3v) is 6.49. The molecular formula is C26H26N6O7. The maximum Gasteiger partial charge on any atom is 0.307 e. The Labute approximate surface area is 221 Å². The number of rotatable bonds is 9. The minimum Gasteiger partial charge on any atom is -0.481 e. The van der Waals surface area contributed by atoms with Crippen molar-refractivity contribution in [3.63, 3.8) is 0 Å². The molecule has 5 rings (SSSR count). The number of aliphatic hydroxyl groups is 3. The summed E-state index contributed by atoms with van der Waals surface area (Å²) in [4.78, 5) is 35.6. The molecule has 1 fully saturated rings. The highest BCUT2D eigenvalue weighted by molar-refractivity contribution is 5.89. The van der Waals surface area contributed by atoms with E-state index in [0.29, 0.717) is 39.4 Å². The van der Waals surface area contributed by atoms with Crippen LogP contribution in [0.15, 0.2) is 55.1 Å². The van der Waals surface area contributed by atoms with Gasteiger partial charge in [-0.05, 0) is 28.8 Å². The van der Waals surface area contributed by atoms with Gasteiger partial charge in [-0.3, -0.25) is 14.2 Å². The third-order valence-electron chi connectivity index (χ3n) is 6.49. The second-order valence-corrected chi connectivity index (χ2v) is 9.19. The van der Waals surface area contributed by atoms with Crippen molar-refractivity contribution in [1.82, 2.24) is 19.5 Å². The summed E-state index contributed by atoms with van der Waals surface area (Å²) in [6, 6.07) is 12.4. The fourth-order valence-corrected chi connectivity index (χ4v) is 4.59. The van der Waals surface area contributed by atoms with Crippen molar-refractivity contribution in [3.8, 4) is 11.1 Å². The molecule has 0 radical (unpaired) electrons. The molecule has 1 amide bonds. The zero-order valence-electron chi connectivity index (χ0n) is 20.5. The first-order valence-electron chi connectivity index (χ1n) is 12.0. The monoisotopic (exact) mass is 534 g/mol. The van der Waals surface area contributed by atoms with E-state index >= 15 is 0 Å². The Bertz CT molecular complexity index is 1520. The van der Waals surface area contributed by atoms with Crippen LogP contribution in [0.4, 0.5) is 11.5 Å². The fourth-order valence-electron chi connectivity index (χ4n) is 4.59. The number of carbonyl (C=O) groups excluding carboxylic acids is 1. The van der Waals surface area contributed by atoms with Crippen LogP contribution < -0.4 is 11.1 Å². The molecule has 0 aliphatic carbocycles. The Morgan fingerprint density at radius 2 is 1.74 bits per heavy atom. The lowest BCUT2D eigenvalue weighted by atomic mass is 9.98. The zero-order valence-corrected chi connectivity index (χ0v) is 20.5. The van der Waals surface area contributed by atoms with E-state index in [2.05, 4.69) is 20.3 Å². The van der Waals surface area contributed by atoms with Gasteiger partial charge >= 0.3 is 5.97 Å². The normalized spacial score (nSPS) is 20.8.